The van der Waals surface area contributed by atoms with Crippen LogP contribution in [0.15, 0.2) is 18.3 Å². The monoisotopic (exact) mass is 261 g/mol. The molecule has 0 bridgehead atoms. The number of nitrogen functional groups attached to an aromatic ring is 1. The second-order valence-electron chi connectivity index (χ2n) is 5.61. The molecule has 1 fully saturated rings. The molecule has 0 atom stereocenters. The summed E-state index contributed by atoms with van der Waals surface area (Å²) in [7, 11) is 6.33. The first-order valence-electron chi connectivity index (χ1n) is 6.64. The van der Waals surface area contributed by atoms with Crippen LogP contribution in [0.25, 0.3) is 0 Å². The molecule has 1 aromatic rings. The minimum absolute atomic E-state index is 0.0231. The number of nitrogens with two attached hydrogens (primary N) is 1. The van der Waals surface area contributed by atoms with Gasteiger partial charge in [0.25, 0.3) is 0 Å². The molecular weight excluding hydrogens is 238 g/mol. The number of hydrogen-bond acceptors (Lipinski definition) is 4. The maximum atomic E-state index is 7.62. The summed E-state index contributed by atoms with van der Waals surface area (Å²) in [5.74, 6) is 0.0231. The molecule has 0 radical (unpaired) electrons. The summed E-state index contributed by atoms with van der Waals surface area (Å²) < 4.78 is 0. The molecule has 0 saturated heterocycles. The van der Waals surface area contributed by atoms with E-state index in [1.54, 1.807) is 6.20 Å². The number of rotatable bonds is 5. The Balaban J connectivity index is 2.20. The van der Waals surface area contributed by atoms with Crippen molar-refractivity contribution in [1.82, 2.24) is 9.88 Å². The largest absolute Gasteiger partial charge is 0.382 e. The van der Waals surface area contributed by atoms with E-state index in [1.165, 1.54) is 19.3 Å². The van der Waals surface area contributed by atoms with Gasteiger partial charge in [-0.2, -0.15) is 0 Å². The summed E-state index contributed by atoms with van der Waals surface area (Å²) in [5, 5.41) is 7.62. The van der Waals surface area contributed by atoms with Crippen LogP contribution in [-0.4, -0.2) is 48.9 Å². The van der Waals surface area contributed by atoms with Crippen LogP contribution in [0.5, 0.6) is 0 Å². The van der Waals surface area contributed by atoms with E-state index >= 15 is 0 Å². The van der Waals surface area contributed by atoms with Crippen molar-refractivity contribution in [2.24, 2.45) is 5.73 Å². The normalized spacial score (nSPS) is 17.1. The third-order valence-electron chi connectivity index (χ3n) is 4.22. The molecular formula is C14H23N5. The van der Waals surface area contributed by atoms with Crippen molar-refractivity contribution in [2.45, 2.75) is 24.8 Å². The summed E-state index contributed by atoms with van der Waals surface area (Å²) >= 11 is 0. The molecule has 1 aliphatic rings. The van der Waals surface area contributed by atoms with Crippen molar-refractivity contribution in [2.75, 3.05) is 32.6 Å². The SMILES string of the molecule is CN(CC1(N(C)C)CCC1)c1cccnc1C(=N)N. The van der Waals surface area contributed by atoms with E-state index in [2.05, 4.69) is 28.9 Å². The zero-order valence-electron chi connectivity index (χ0n) is 12.0. The third kappa shape index (κ3) is 2.56. The molecule has 0 aliphatic heterocycles. The van der Waals surface area contributed by atoms with E-state index in [-0.39, 0.29) is 11.4 Å². The zero-order valence-corrected chi connectivity index (χ0v) is 12.0. The van der Waals surface area contributed by atoms with E-state index in [0.29, 0.717) is 5.69 Å². The van der Waals surface area contributed by atoms with Crippen molar-refractivity contribution in [3.63, 3.8) is 0 Å². The number of nitrogens with zero attached hydrogens (tertiary/aromatic N) is 3. The first-order chi connectivity index (χ1) is 8.96. The molecule has 3 N–H and O–H groups in total. The topological polar surface area (TPSA) is 69.2 Å². The first kappa shape index (κ1) is 13.8. The lowest BCUT2D eigenvalue weighted by atomic mass is 9.75. The van der Waals surface area contributed by atoms with E-state index in [4.69, 9.17) is 11.1 Å². The number of aromatic nitrogens is 1. The molecule has 1 aromatic heterocycles. The maximum Gasteiger partial charge on any atom is 0.143 e. The van der Waals surface area contributed by atoms with E-state index in [1.807, 2.05) is 19.2 Å². The van der Waals surface area contributed by atoms with Gasteiger partial charge in [-0.1, -0.05) is 0 Å². The van der Waals surface area contributed by atoms with Crippen LogP contribution in [0.3, 0.4) is 0 Å². The Morgan fingerprint density at radius 2 is 2.11 bits per heavy atom. The molecule has 0 spiro atoms. The Hall–Kier alpha value is -1.62. The van der Waals surface area contributed by atoms with Crippen LogP contribution >= 0.6 is 0 Å². The number of nitrogens with one attached hydrogen (secondary N) is 1. The summed E-state index contributed by atoms with van der Waals surface area (Å²) in [6.45, 7) is 0.936. The predicted octanol–water partition coefficient (Wildman–Crippen LogP) is 1.29. The molecule has 2 rings (SSSR count). The van der Waals surface area contributed by atoms with Crippen molar-refractivity contribution in [3.8, 4) is 0 Å². The van der Waals surface area contributed by atoms with Gasteiger partial charge in [0.2, 0.25) is 0 Å². The lowest BCUT2D eigenvalue weighted by Crippen LogP contribution is -2.57. The van der Waals surface area contributed by atoms with Gasteiger partial charge >= 0.3 is 0 Å². The number of hydrogen-bond donors (Lipinski definition) is 2. The van der Waals surface area contributed by atoms with Gasteiger partial charge in [0, 0.05) is 25.3 Å². The Kier molecular flexibility index (Phi) is 3.75. The van der Waals surface area contributed by atoms with Gasteiger partial charge in [-0.05, 0) is 45.5 Å². The second kappa shape index (κ2) is 5.17. The lowest BCUT2D eigenvalue weighted by Gasteiger charge is -2.49. The van der Waals surface area contributed by atoms with E-state index in [9.17, 15) is 0 Å². The maximum absolute atomic E-state index is 7.62. The Morgan fingerprint density at radius 3 is 2.58 bits per heavy atom. The van der Waals surface area contributed by atoms with E-state index < -0.39 is 0 Å². The fraction of sp³-hybridized carbons (Fsp3) is 0.571. The molecule has 0 aromatic carbocycles. The Bertz CT molecular complexity index is 465. The Labute approximate surface area is 114 Å². The van der Waals surface area contributed by atoms with Gasteiger partial charge in [0.15, 0.2) is 0 Å². The highest BCUT2D eigenvalue weighted by atomic mass is 15.2. The summed E-state index contributed by atoms with van der Waals surface area (Å²) in [6.07, 6.45) is 5.41. The zero-order chi connectivity index (χ0) is 14.0. The average molecular weight is 261 g/mol. The highest BCUT2D eigenvalue weighted by Gasteiger charge is 2.40. The fourth-order valence-electron chi connectivity index (χ4n) is 2.77. The van der Waals surface area contributed by atoms with Crippen molar-refractivity contribution < 1.29 is 0 Å². The molecule has 5 nitrogen and oxygen atoms in total. The average Bonchev–Trinajstić information content (AvgIpc) is 2.33. The van der Waals surface area contributed by atoms with Gasteiger partial charge in [-0.15, -0.1) is 0 Å². The fourth-order valence-corrected chi connectivity index (χ4v) is 2.77. The molecule has 104 valence electrons. The molecule has 5 heteroatoms. The van der Waals surface area contributed by atoms with Crippen LogP contribution in [-0.2, 0) is 0 Å². The van der Waals surface area contributed by atoms with Gasteiger partial charge < -0.3 is 15.5 Å². The smallest absolute Gasteiger partial charge is 0.143 e. The first-order valence-corrected chi connectivity index (χ1v) is 6.64. The molecule has 1 heterocycles. The molecule has 19 heavy (non-hydrogen) atoms. The lowest BCUT2D eigenvalue weighted by molar-refractivity contribution is 0.0683. The number of pyridine rings is 1. The molecule has 0 unspecified atom stereocenters. The van der Waals surface area contributed by atoms with Crippen molar-refractivity contribution >= 4 is 11.5 Å². The van der Waals surface area contributed by atoms with Gasteiger partial charge in [-0.25, -0.2) is 0 Å². The highest BCUT2D eigenvalue weighted by Crippen LogP contribution is 2.37. The number of amidine groups is 1. The quantitative estimate of drug-likeness (QED) is 0.619. The van der Waals surface area contributed by atoms with Gasteiger partial charge in [0.05, 0.1) is 5.69 Å². The predicted molar refractivity (Wildman–Crippen MR) is 78.8 cm³/mol. The van der Waals surface area contributed by atoms with Crippen LogP contribution < -0.4 is 10.6 Å². The van der Waals surface area contributed by atoms with Gasteiger partial charge in [-0.3, -0.25) is 10.4 Å². The highest BCUT2D eigenvalue weighted by molar-refractivity contribution is 5.98. The van der Waals surface area contributed by atoms with Crippen molar-refractivity contribution in [1.29, 1.82) is 5.41 Å². The summed E-state index contributed by atoms with van der Waals surface area (Å²) in [6, 6.07) is 3.87. The van der Waals surface area contributed by atoms with Crippen LogP contribution in [0.1, 0.15) is 25.0 Å². The number of anilines is 1. The summed E-state index contributed by atoms with van der Waals surface area (Å²) in [4.78, 5) is 8.70. The Morgan fingerprint density at radius 1 is 1.42 bits per heavy atom. The molecule has 1 saturated carbocycles. The standard InChI is InChI=1S/C14H23N5/c1-18(2)14(7-5-8-14)10-19(3)11-6-4-9-17-12(11)13(15)16/h4,6,9H,5,7-8,10H2,1-3H3,(H3,15,16). The molecule has 1 aliphatic carbocycles. The van der Waals surface area contributed by atoms with Crippen LogP contribution in [0, 0.1) is 5.41 Å². The van der Waals surface area contributed by atoms with Crippen LogP contribution in [0.4, 0.5) is 5.69 Å². The third-order valence-corrected chi connectivity index (χ3v) is 4.22. The van der Waals surface area contributed by atoms with Crippen LogP contribution in [0.2, 0.25) is 0 Å². The van der Waals surface area contributed by atoms with Crippen molar-refractivity contribution in [3.05, 3.63) is 24.0 Å². The summed E-state index contributed by atoms with van der Waals surface area (Å²) in [5.41, 5.74) is 7.36. The van der Waals surface area contributed by atoms with Gasteiger partial charge in [0.1, 0.15) is 11.5 Å². The minimum atomic E-state index is 0.0231. The number of likely N-dealkylation sites (N-methyl/N-ethyl adjacent to an activating group) is 2. The second-order valence-corrected chi connectivity index (χ2v) is 5.61. The molecule has 0 amide bonds. The minimum Gasteiger partial charge on any atom is -0.382 e. The van der Waals surface area contributed by atoms with E-state index in [0.717, 1.165) is 12.2 Å².